The second-order valence-electron chi connectivity index (χ2n) is 6.54. The van der Waals surface area contributed by atoms with Crippen LogP contribution in [0.15, 0.2) is 59.4 Å². The Bertz CT molecular complexity index is 953. The van der Waals surface area contributed by atoms with E-state index in [1.54, 1.807) is 18.2 Å². The summed E-state index contributed by atoms with van der Waals surface area (Å²) in [5, 5.41) is 3.57. The maximum absolute atomic E-state index is 12.6. The van der Waals surface area contributed by atoms with Crippen LogP contribution < -0.4 is 10.7 Å². The van der Waals surface area contributed by atoms with Crippen LogP contribution in [0.5, 0.6) is 0 Å². The van der Waals surface area contributed by atoms with Crippen molar-refractivity contribution in [3.8, 4) is 0 Å². The minimum Gasteiger partial charge on any atom is -0.350 e. The van der Waals surface area contributed by atoms with E-state index in [0.717, 1.165) is 5.56 Å². The van der Waals surface area contributed by atoms with E-state index < -0.39 is 5.54 Å². The Labute approximate surface area is 140 Å². The lowest BCUT2D eigenvalue weighted by Crippen LogP contribution is -2.41. The zero-order valence-electron chi connectivity index (χ0n) is 14.0. The lowest BCUT2D eigenvalue weighted by Gasteiger charge is -2.27. The molecule has 0 fully saturated rings. The fraction of sp³-hybridized carbons (Fsp3) is 0.200. The number of aromatic amines is 1. The molecule has 0 saturated heterocycles. The highest BCUT2D eigenvalue weighted by molar-refractivity contribution is 5.95. The van der Waals surface area contributed by atoms with Gasteiger partial charge in [0.25, 0.3) is 5.91 Å². The van der Waals surface area contributed by atoms with E-state index >= 15 is 0 Å². The molecule has 0 unspecified atom stereocenters. The molecule has 3 rings (SSSR count). The zero-order chi connectivity index (χ0) is 17.3. The summed E-state index contributed by atoms with van der Waals surface area (Å²) in [6.45, 7) is 5.90. The molecule has 1 heterocycles. The van der Waals surface area contributed by atoms with Gasteiger partial charge in [0.2, 0.25) is 0 Å². The number of benzene rings is 2. The number of carbonyl (C=O) groups excluding carboxylic acids is 1. The Kier molecular flexibility index (Phi) is 3.97. The first-order valence-electron chi connectivity index (χ1n) is 7.88. The lowest BCUT2D eigenvalue weighted by molar-refractivity contribution is 0.0907. The van der Waals surface area contributed by atoms with Gasteiger partial charge in [0.15, 0.2) is 5.43 Å². The molecule has 4 nitrogen and oxygen atoms in total. The summed E-state index contributed by atoms with van der Waals surface area (Å²) < 4.78 is 0. The standard InChI is InChI=1S/C20H20N2O2/c1-13-8-10-14(11-9-13)20(2,3)22-19(24)17-12-18(23)15-6-4-5-7-16(15)21-17/h4-12H,1-3H3,(H,21,23)(H,22,24). The number of rotatable bonds is 3. The van der Waals surface area contributed by atoms with Gasteiger partial charge in [-0.25, -0.2) is 0 Å². The minimum absolute atomic E-state index is 0.164. The molecule has 3 aromatic rings. The molecule has 1 aromatic heterocycles. The number of H-pyrrole nitrogens is 1. The van der Waals surface area contributed by atoms with Gasteiger partial charge in [-0.2, -0.15) is 0 Å². The second-order valence-corrected chi connectivity index (χ2v) is 6.54. The summed E-state index contributed by atoms with van der Waals surface area (Å²) in [5.74, 6) is -0.302. The van der Waals surface area contributed by atoms with Crippen molar-refractivity contribution in [1.29, 1.82) is 0 Å². The molecule has 0 radical (unpaired) electrons. The van der Waals surface area contributed by atoms with Crippen LogP contribution in [0.2, 0.25) is 0 Å². The SMILES string of the molecule is Cc1ccc(C(C)(C)NC(=O)c2cc(=O)c3ccccc3[nH]2)cc1. The fourth-order valence-corrected chi connectivity index (χ4v) is 2.71. The average molecular weight is 320 g/mol. The third-order valence-electron chi connectivity index (χ3n) is 4.18. The molecule has 0 atom stereocenters. The third kappa shape index (κ3) is 3.08. The first kappa shape index (κ1) is 16.0. The van der Waals surface area contributed by atoms with Crippen LogP contribution in [0.25, 0.3) is 10.9 Å². The molecular weight excluding hydrogens is 300 g/mol. The number of para-hydroxylation sites is 1. The number of fused-ring (bicyclic) bond motifs is 1. The number of amides is 1. The fourth-order valence-electron chi connectivity index (χ4n) is 2.71. The molecule has 0 aliphatic rings. The Hall–Kier alpha value is -2.88. The quantitative estimate of drug-likeness (QED) is 0.776. The average Bonchev–Trinajstić information content (AvgIpc) is 2.55. The molecule has 4 heteroatoms. The maximum atomic E-state index is 12.6. The van der Waals surface area contributed by atoms with Crippen molar-refractivity contribution < 1.29 is 4.79 Å². The largest absolute Gasteiger partial charge is 0.350 e. The highest BCUT2D eigenvalue weighted by atomic mass is 16.2. The maximum Gasteiger partial charge on any atom is 0.268 e. The first-order chi connectivity index (χ1) is 11.4. The predicted molar refractivity (Wildman–Crippen MR) is 96.2 cm³/mol. The van der Waals surface area contributed by atoms with Crippen molar-refractivity contribution in [3.63, 3.8) is 0 Å². The summed E-state index contributed by atoms with van der Waals surface area (Å²) >= 11 is 0. The molecule has 24 heavy (non-hydrogen) atoms. The van der Waals surface area contributed by atoms with Gasteiger partial charge < -0.3 is 10.3 Å². The van der Waals surface area contributed by atoms with Gasteiger partial charge in [-0.05, 0) is 38.5 Å². The van der Waals surface area contributed by atoms with E-state index in [1.165, 1.54) is 11.6 Å². The second kappa shape index (κ2) is 5.96. The Balaban J connectivity index is 1.92. The topological polar surface area (TPSA) is 62.0 Å². The van der Waals surface area contributed by atoms with Crippen molar-refractivity contribution >= 4 is 16.8 Å². The van der Waals surface area contributed by atoms with Crippen LogP contribution in [0, 0.1) is 6.92 Å². The number of aromatic nitrogens is 1. The molecule has 0 aliphatic carbocycles. The van der Waals surface area contributed by atoms with Gasteiger partial charge in [0, 0.05) is 17.0 Å². The summed E-state index contributed by atoms with van der Waals surface area (Å²) in [4.78, 5) is 27.8. The summed E-state index contributed by atoms with van der Waals surface area (Å²) in [6, 6.07) is 16.5. The monoisotopic (exact) mass is 320 g/mol. The van der Waals surface area contributed by atoms with Crippen molar-refractivity contribution in [2.24, 2.45) is 0 Å². The summed E-state index contributed by atoms with van der Waals surface area (Å²) in [5.41, 5.74) is 2.38. The molecule has 0 spiro atoms. The number of hydrogen-bond donors (Lipinski definition) is 2. The van der Waals surface area contributed by atoms with Gasteiger partial charge in [-0.3, -0.25) is 9.59 Å². The number of aryl methyl sites for hydroxylation is 1. The van der Waals surface area contributed by atoms with Crippen LogP contribution in [-0.4, -0.2) is 10.9 Å². The molecule has 122 valence electrons. The molecule has 0 saturated carbocycles. The zero-order valence-corrected chi connectivity index (χ0v) is 14.0. The number of carbonyl (C=O) groups is 1. The molecular formula is C20H20N2O2. The van der Waals surface area contributed by atoms with Crippen LogP contribution >= 0.6 is 0 Å². The van der Waals surface area contributed by atoms with Gasteiger partial charge in [0.1, 0.15) is 5.69 Å². The molecule has 1 amide bonds. The Morgan fingerprint density at radius 2 is 1.71 bits per heavy atom. The normalized spacial score (nSPS) is 11.5. The molecule has 0 aliphatic heterocycles. The van der Waals surface area contributed by atoms with Crippen LogP contribution in [-0.2, 0) is 5.54 Å². The smallest absolute Gasteiger partial charge is 0.268 e. The highest BCUT2D eigenvalue weighted by Gasteiger charge is 2.24. The van der Waals surface area contributed by atoms with Crippen molar-refractivity contribution in [1.82, 2.24) is 10.3 Å². The highest BCUT2D eigenvalue weighted by Crippen LogP contribution is 2.21. The summed E-state index contributed by atoms with van der Waals surface area (Å²) in [7, 11) is 0. The lowest BCUT2D eigenvalue weighted by atomic mass is 9.93. The Morgan fingerprint density at radius 1 is 1.04 bits per heavy atom. The van der Waals surface area contributed by atoms with Gasteiger partial charge in [-0.1, -0.05) is 42.0 Å². The molecule has 0 bridgehead atoms. The van der Waals surface area contributed by atoms with Crippen molar-refractivity contribution in [3.05, 3.63) is 81.6 Å². The van der Waals surface area contributed by atoms with E-state index in [2.05, 4.69) is 10.3 Å². The van der Waals surface area contributed by atoms with Crippen molar-refractivity contribution in [2.45, 2.75) is 26.3 Å². The van der Waals surface area contributed by atoms with Gasteiger partial charge >= 0.3 is 0 Å². The minimum atomic E-state index is -0.548. The first-order valence-corrected chi connectivity index (χ1v) is 7.88. The number of hydrogen-bond acceptors (Lipinski definition) is 2. The van der Waals surface area contributed by atoms with E-state index in [1.807, 2.05) is 51.1 Å². The van der Waals surface area contributed by atoms with E-state index in [4.69, 9.17) is 0 Å². The molecule has 2 N–H and O–H groups in total. The third-order valence-corrected chi connectivity index (χ3v) is 4.18. The van der Waals surface area contributed by atoms with Gasteiger partial charge in [-0.15, -0.1) is 0 Å². The number of pyridine rings is 1. The van der Waals surface area contributed by atoms with E-state index in [-0.39, 0.29) is 17.0 Å². The predicted octanol–water partition coefficient (Wildman–Crippen LogP) is 3.50. The van der Waals surface area contributed by atoms with E-state index in [0.29, 0.717) is 10.9 Å². The van der Waals surface area contributed by atoms with Gasteiger partial charge in [0.05, 0.1) is 5.54 Å². The van der Waals surface area contributed by atoms with E-state index in [9.17, 15) is 9.59 Å². The Morgan fingerprint density at radius 3 is 2.42 bits per heavy atom. The van der Waals surface area contributed by atoms with Crippen LogP contribution in [0.4, 0.5) is 0 Å². The van der Waals surface area contributed by atoms with Crippen molar-refractivity contribution in [2.75, 3.05) is 0 Å². The van der Waals surface area contributed by atoms with Crippen LogP contribution in [0.3, 0.4) is 0 Å². The molecule has 2 aromatic carbocycles. The number of nitrogens with one attached hydrogen (secondary N) is 2. The summed E-state index contributed by atoms with van der Waals surface area (Å²) in [6.07, 6.45) is 0. The van der Waals surface area contributed by atoms with Crippen LogP contribution in [0.1, 0.15) is 35.5 Å².